The number of anilines is 1. The standard InChI is InChI=1S/C14H24N4O/c1-4-18-10-11(15)9-13(18)14(19)17(3)12-5-7-16(2)8-6-12/h9-10,12H,4-8,15H2,1-3H3. The van der Waals surface area contributed by atoms with Crippen LogP contribution in [0.25, 0.3) is 0 Å². The molecular weight excluding hydrogens is 240 g/mol. The van der Waals surface area contributed by atoms with E-state index >= 15 is 0 Å². The Labute approximate surface area is 115 Å². The second-order valence-electron chi connectivity index (χ2n) is 5.40. The zero-order valence-corrected chi connectivity index (χ0v) is 12.1. The Hall–Kier alpha value is -1.49. The molecule has 5 nitrogen and oxygen atoms in total. The lowest BCUT2D eigenvalue weighted by molar-refractivity contribution is 0.0649. The zero-order chi connectivity index (χ0) is 14.0. The van der Waals surface area contributed by atoms with Crippen LogP contribution >= 0.6 is 0 Å². The fourth-order valence-electron chi connectivity index (χ4n) is 2.70. The van der Waals surface area contributed by atoms with Crippen molar-refractivity contribution in [1.82, 2.24) is 14.4 Å². The van der Waals surface area contributed by atoms with Crippen LogP contribution in [0, 0.1) is 0 Å². The Morgan fingerprint density at radius 2 is 2.11 bits per heavy atom. The van der Waals surface area contributed by atoms with Gasteiger partial charge in [0, 0.05) is 25.8 Å². The molecule has 0 aliphatic carbocycles. The fraction of sp³-hybridized carbons (Fsp3) is 0.643. The smallest absolute Gasteiger partial charge is 0.270 e. The van der Waals surface area contributed by atoms with Gasteiger partial charge in [-0.15, -0.1) is 0 Å². The molecule has 1 aromatic rings. The highest BCUT2D eigenvalue weighted by Gasteiger charge is 2.26. The van der Waals surface area contributed by atoms with Gasteiger partial charge in [-0.2, -0.15) is 0 Å². The number of aryl methyl sites for hydroxylation is 1. The molecule has 1 amide bonds. The van der Waals surface area contributed by atoms with Crippen molar-refractivity contribution in [3.05, 3.63) is 18.0 Å². The molecule has 1 aliphatic rings. The number of rotatable bonds is 3. The summed E-state index contributed by atoms with van der Waals surface area (Å²) in [7, 11) is 4.03. The Morgan fingerprint density at radius 1 is 1.47 bits per heavy atom. The first-order chi connectivity index (χ1) is 9.02. The molecule has 1 aromatic heterocycles. The second kappa shape index (κ2) is 5.65. The molecule has 0 aromatic carbocycles. The maximum atomic E-state index is 12.6. The van der Waals surface area contributed by atoms with Gasteiger partial charge in [0.1, 0.15) is 5.69 Å². The lowest BCUT2D eigenvalue weighted by atomic mass is 10.0. The van der Waals surface area contributed by atoms with Crippen LogP contribution in [0.15, 0.2) is 12.3 Å². The van der Waals surface area contributed by atoms with Crippen LogP contribution in [-0.2, 0) is 6.54 Å². The Bertz CT molecular complexity index is 446. The van der Waals surface area contributed by atoms with E-state index in [1.165, 1.54) is 0 Å². The molecule has 0 radical (unpaired) electrons. The number of nitrogens with zero attached hydrogens (tertiary/aromatic N) is 3. The van der Waals surface area contributed by atoms with E-state index in [4.69, 9.17) is 5.73 Å². The van der Waals surface area contributed by atoms with Gasteiger partial charge in [-0.1, -0.05) is 0 Å². The first-order valence-corrected chi connectivity index (χ1v) is 6.94. The molecule has 5 heteroatoms. The van der Waals surface area contributed by atoms with Crippen molar-refractivity contribution in [3.8, 4) is 0 Å². The molecular formula is C14H24N4O. The van der Waals surface area contributed by atoms with Crippen LogP contribution in [0.3, 0.4) is 0 Å². The molecule has 1 aliphatic heterocycles. The van der Waals surface area contributed by atoms with Gasteiger partial charge >= 0.3 is 0 Å². The molecule has 0 bridgehead atoms. The molecule has 2 heterocycles. The minimum Gasteiger partial charge on any atom is -0.397 e. The van der Waals surface area contributed by atoms with E-state index in [2.05, 4.69) is 11.9 Å². The van der Waals surface area contributed by atoms with E-state index in [0.717, 1.165) is 32.5 Å². The summed E-state index contributed by atoms with van der Waals surface area (Å²) in [5.41, 5.74) is 7.14. The summed E-state index contributed by atoms with van der Waals surface area (Å²) in [6.07, 6.45) is 3.91. The van der Waals surface area contributed by atoms with E-state index in [-0.39, 0.29) is 5.91 Å². The van der Waals surface area contributed by atoms with E-state index < -0.39 is 0 Å². The monoisotopic (exact) mass is 264 g/mol. The third kappa shape index (κ3) is 2.92. The number of amides is 1. The molecule has 19 heavy (non-hydrogen) atoms. The Morgan fingerprint density at radius 3 is 2.68 bits per heavy atom. The van der Waals surface area contributed by atoms with Gasteiger partial charge in [0.05, 0.1) is 5.69 Å². The molecule has 0 spiro atoms. The van der Waals surface area contributed by atoms with E-state index in [1.54, 1.807) is 6.07 Å². The summed E-state index contributed by atoms with van der Waals surface area (Å²) in [6, 6.07) is 2.11. The van der Waals surface area contributed by atoms with Crippen LogP contribution in [0.5, 0.6) is 0 Å². The van der Waals surface area contributed by atoms with Gasteiger partial charge in [-0.25, -0.2) is 0 Å². The SMILES string of the molecule is CCn1cc(N)cc1C(=O)N(C)C1CCN(C)CC1. The number of carbonyl (C=O) groups excluding carboxylic acids is 1. The minimum atomic E-state index is 0.0769. The van der Waals surface area contributed by atoms with Crippen molar-refractivity contribution in [2.45, 2.75) is 32.4 Å². The summed E-state index contributed by atoms with van der Waals surface area (Å²) in [5, 5.41) is 0. The van der Waals surface area contributed by atoms with E-state index in [1.807, 2.05) is 29.6 Å². The van der Waals surface area contributed by atoms with Crippen molar-refractivity contribution in [2.75, 3.05) is 32.9 Å². The van der Waals surface area contributed by atoms with E-state index in [9.17, 15) is 4.79 Å². The fourth-order valence-corrected chi connectivity index (χ4v) is 2.70. The second-order valence-corrected chi connectivity index (χ2v) is 5.40. The molecule has 2 N–H and O–H groups in total. The van der Waals surface area contributed by atoms with Crippen molar-refractivity contribution < 1.29 is 4.79 Å². The predicted octanol–water partition coefficient (Wildman–Crippen LogP) is 1.26. The maximum absolute atomic E-state index is 12.6. The topological polar surface area (TPSA) is 54.5 Å². The number of nitrogen functional groups attached to an aromatic ring is 1. The molecule has 2 rings (SSSR count). The predicted molar refractivity (Wildman–Crippen MR) is 77.1 cm³/mol. The summed E-state index contributed by atoms with van der Waals surface area (Å²) in [4.78, 5) is 16.7. The van der Waals surface area contributed by atoms with Crippen LogP contribution < -0.4 is 5.73 Å². The number of piperidine rings is 1. The molecule has 0 saturated carbocycles. The van der Waals surface area contributed by atoms with Crippen molar-refractivity contribution in [1.29, 1.82) is 0 Å². The number of likely N-dealkylation sites (tertiary alicyclic amines) is 1. The molecule has 1 fully saturated rings. The van der Waals surface area contributed by atoms with Crippen molar-refractivity contribution in [2.24, 2.45) is 0 Å². The largest absolute Gasteiger partial charge is 0.397 e. The first kappa shape index (κ1) is 13.9. The average molecular weight is 264 g/mol. The van der Waals surface area contributed by atoms with Crippen LogP contribution in [0.2, 0.25) is 0 Å². The van der Waals surface area contributed by atoms with Crippen molar-refractivity contribution >= 4 is 11.6 Å². The minimum absolute atomic E-state index is 0.0769. The lowest BCUT2D eigenvalue weighted by Gasteiger charge is -2.35. The highest BCUT2D eigenvalue weighted by atomic mass is 16.2. The average Bonchev–Trinajstić information content (AvgIpc) is 2.79. The Kier molecular flexibility index (Phi) is 4.14. The Balaban J connectivity index is 2.10. The molecule has 106 valence electrons. The van der Waals surface area contributed by atoms with Crippen LogP contribution in [-0.4, -0.2) is 53.5 Å². The zero-order valence-electron chi connectivity index (χ0n) is 12.1. The number of hydrogen-bond donors (Lipinski definition) is 1. The third-order valence-corrected chi connectivity index (χ3v) is 4.03. The molecule has 0 atom stereocenters. The van der Waals surface area contributed by atoms with Gasteiger partial charge in [0.2, 0.25) is 0 Å². The quantitative estimate of drug-likeness (QED) is 0.894. The van der Waals surface area contributed by atoms with Crippen LogP contribution in [0.1, 0.15) is 30.3 Å². The lowest BCUT2D eigenvalue weighted by Crippen LogP contribution is -2.44. The van der Waals surface area contributed by atoms with Gasteiger partial charge in [0.15, 0.2) is 0 Å². The number of carbonyl (C=O) groups is 1. The third-order valence-electron chi connectivity index (χ3n) is 4.03. The van der Waals surface area contributed by atoms with Crippen LogP contribution in [0.4, 0.5) is 5.69 Å². The normalized spacial score (nSPS) is 17.6. The highest BCUT2D eigenvalue weighted by molar-refractivity contribution is 5.93. The summed E-state index contributed by atoms with van der Waals surface area (Å²) in [5.74, 6) is 0.0769. The first-order valence-electron chi connectivity index (χ1n) is 6.94. The summed E-state index contributed by atoms with van der Waals surface area (Å²) in [6.45, 7) is 4.89. The number of hydrogen-bond acceptors (Lipinski definition) is 3. The van der Waals surface area contributed by atoms with Crippen molar-refractivity contribution in [3.63, 3.8) is 0 Å². The highest BCUT2D eigenvalue weighted by Crippen LogP contribution is 2.18. The van der Waals surface area contributed by atoms with E-state index in [0.29, 0.717) is 17.4 Å². The molecule has 0 unspecified atom stereocenters. The van der Waals surface area contributed by atoms with Gasteiger partial charge in [-0.3, -0.25) is 4.79 Å². The molecule has 1 saturated heterocycles. The summed E-state index contributed by atoms with van der Waals surface area (Å²) >= 11 is 0. The number of nitrogens with two attached hydrogens (primary N) is 1. The number of aromatic nitrogens is 1. The van der Waals surface area contributed by atoms with Gasteiger partial charge in [-0.05, 0) is 46.0 Å². The van der Waals surface area contributed by atoms with Gasteiger partial charge in [0.25, 0.3) is 5.91 Å². The summed E-state index contributed by atoms with van der Waals surface area (Å²) < 4.78 is 1.92. The van der Waals surface area contributed by atoms with Gasteiger partial charge < -0.3 is 20.1 Å². The maximum Gasteiger partial charge on any atom is 0.270 e.